The Balaban J connectivity index is 1.49. The van der Waals surface area contributed by atoms with Crippen LogP contribution in [0.3, 0.4) is 0 Å². The fraction of sp³-hybridized carbons (Fsp3) is 0.185. The first-order chi connectivity index (χ1) is 15.9. The number of benzene rings is 3. The van der Waals surface area contributed by atoms with Gasteiger partial charge in [-0.25, -0.2) is 0 Å². The zero-order valence-corrected chi connectivity index (χ0v) is 19.0. The molecule has 1 N–H and O–H groups in total. The summed E-state index contributed by atoms with van der Waals surface area (Å²) < 4.78 is 12.2. The normalized spacial score (nSPS) is 17.5. The van der Waals surface area contributed by atoms with Crippen LogP contribution in [0.2, 0.25) is 5.02 Å². The lowest BCUT2D eigenvalue weighted by Crippen LogP contribution is -2.36. The lowest BCUT2D eigenvalue weighted by molar-refractivity contribution is 0.0507. The highest BCUT2D eigenvalue weighted by Crippen LogP contribution is 2.44. The van der Waals surface area contributed by atoms with Crippen LogP contribution in [-0.2, 0) is 12.1 Å². The predicted octanol–water partition coefficient (Wildman–Crippen LogP) is 6.21. The smallest absolute Gasteiger partial charge is 0.287 e. The molecule has 1 aliphatic heterocycles. The van der Waals surface area contributed by atoms with E-state index >= 15 is 0 Å². The zero-order chi connectivity index (χ0) is 23.2. The minimum Gasteiger partial charge on any atom is -0.482 e. The van der Waals surface area contributed by atoms with Gasteiger partial charge >= 0.3 is 0 Å². The Morgan fingerprint density at radius 1 is 1.06 bits per heavy atom. The molecule has 1 amide bonds. The fourth-order valence-corrected chi connectivity index (χ4v) is 4.52. The Kier molecular flexibility index (Phi) is 5.22. The van der Waals surface area contributed by atoms with Crippen molar-refractivity contribution in [2.45, 2.75) is 32.4 Å². The fourth-order valence-electron chi connectivity index (χ4n) is 4.40. The molecular formula is C27H22ClNO4. The number of amides is 1. The Morgan fingerprint density at radius 3 is 2.52 bits per heavy atom. The number of ketones is 1. The van der Waals surface area contributed by atoms with Gasteiger partial charge in [-0.15, -0.1) is 0 Å². The largest absolute Gasteiger partial charge is 0.482 e. The number of carbonyl (C=O) groups excluding carboxylic acids is 2. The highest BCUT2D eigenvalue weighted by molar-refractivity contribution is 6.30. The van der Waals surface area contributed by atoms with Gasteiger partial charge in [0.25, 0.3) is 5.91 Å². The topological polar surface area (TPSA) is 68.5 Å². The molecule has 166 valence electrons. The maximum atomic E-state index is 13.3. The average molecular weight is 460 g/mol. The van der Waals surface area contributed by atoms with Gasteiger partial charge in [0.15, 0.2) is 11.5 Å². The summed E-state index contributed by atoms with van der Waals surface area (Å²) in [5.41, 5.74) is 2.62. The quantitative estimate of drug-likeness (QED) is 0.394. The minimum atomic E-state index is -0.810. The molecule has 2 heterocycles. The van der Waals surface area contributed by atoms with E-state index in [2.05, 4.69) is 5.32 Å². The van der Waals surface area contributed by atoms with Crippen molar-refractivity contribution in [2.24, 2.45) is 0 Å². The van der Waals surface area contributed by atoms with E-state index in [1.54, 1.807) is 31.2 Å². The highest BCUT2D eigenvalue weighted by atomic mass is 35.5. The van der Waals surface area contributed by atoms with Crippen molar-refractivity contribution >= 4 is 34.3 Å². The van der Waals surface area contributed by atoms with Crippen LogP contribution >= 0.6 is 11.6 Å². The van der Waals surface area contributed by atoms with Crippen molar-refractivity contribution in [3.05, 3.63) is 99.8 Å². The molecule has 3 aromatic carbocycles. The van der Waals surface area contributed by atoms with Crippen LogP contribution in [0.15, 0.2) is 71.1 Å². The minimum absolute atomic E-state index is 0.0561. The van der Waals surface area contributed by atoms with E-state index < -0.39 is 5.60 Å². The molecule has 5 nitrogen and oxygen atoms in total. The summed E-state index contributed by atoms with van der Waals surface area (Å²) in [7, 11) is 0. The molecule has 33 heavy (non-hydrogen) atoms. The molecule has 4 aromatic rings. The van der Waals surface area contributed by atoms with Gasteiger partial charge in [-0.1, -0.05) is 54.1 Å². The molecule has 0 radical (unpaired) electrons. The van der Waals surface area contributed by atoms with Gasteiger partial charge in [-0.05, 0) is 49.2 Å². The van der Waals surface area contributed by atoms with Gasteiger partial charge in [0, 0.05) is 22.5 Å². The van der Waals surface area contributed by atoms with Crippen LogP contribution in [-0.4, -0.2) is 11.7 Å². The molecule has 6 heteroatoms. The molecule has 1 aromatic heterocycles. The predicted molar refractivity (Wildman–Crippen MR) is 127 cm³/mol. The summed E-state index contributed by atoms with van der Waals surface area (Å²) in [5.74, 6) is 0.306. The van der Waals surface area contributed by atoms with E-state index in [0.717, 1.165) is 11.1 Å². The van der Waals surface area contributed by atoms with Crippen LogP contribution in [0.4, 0.5) is 0 Å². The van der Waals surface area contributed by atoms with E-state index in [9.17, 15) is 9.59 Å². The summed E-state index contributed by atoms with van der Waals surface area (Å²) in [5, 5.41) is 4.14. The Labute approximate surface area is 196 Å². The zero-order valence-electron chi connectivity index (χ0n) is 18.3. The Morgan fingerprint density at radius 2 is 1.79 bits per heavy atom. The molecule has 0 aliphatic carbocycles. The van der Waals surface area contributed by atoms with Crippen molar-refractivity contribution < 1.29 is 18.7 Å². The number of Topliss-reactive ketones (excluding diaryl/α,β-unsaturated/α-hetero) is 1. The number of carbonyl (C=O) groups is 2. The van der Waals surface area contributed by atoms with E-state index in [-0.39, 0.29) is 23.9 Å². The molecule has 0 spiro atoms. The summed E-state index contributed by atoms with van der Waals surface area (Å²) in [6.07, 6.45) is 0.168. The van der Waals surface area contributed by atoms with E-state index in [0.29, 0.717) is 39.4 Å². The number of furan rings is 1. The van der Waals surface area contributed by atoms with E-state index in [1.807, 2.05) is 49.4 Å². The van der Waals surface area contributed by atoms with Crippen molar-refractivity contribution in [3.8, 4) is 5.75 Å². The Bertz CT molecular complexity index is 1380. The average Bonchev–Trinajstić information content (AvgIpc) is 3.15. The van der Waals surface area contributed by atoms with E-state index in [1.165, 1.54) is 0 Å². The number of aryl methyl sites for hydroxylation is 1. The number of rotatable bonds is 4. The number of fused-ring (bicyclic) bond motifs is 3. The molecule has 0 saturated carbocycles. The SMILES string of the molecule is Cc1c(C(=O)NCc2ccccc2)oc2ccc3c(c12)C(=O)C[C@](C)(c1ccc(Cl)cc1)O3. The number of nitrogens with one attached hydrogen (secondary N) is 1. The van der Waals surface area contributed by atoms with Gasteiger partial charge in [0.1, 0.15) is 16.9 Å². The maximum Gasteiger partial charge on any atom is 0.287 e. The first kappa shape index (κ1) is 21.3. The lowest BCUT2D eigenvalue weighted by atomic mass is 9.84. The van der Waals surface area contributed by atoms with Gasteiger partial charge < -0.3 is 14.5 Å². The molecule has 0 fully saturated rings. The molecule has 5 rings (SSSR count). The van der Waals surface area contributed by atoms with Gasteiger partial charge in [0.2, 0.25) is 0 Å². The maximum absolute atomic E-state index is 13.3. The summed E-state index contributed by atoms with van der Waals surface area (Å²) in [6, 6.07) is 20.4. The number of ether oxygens (including phenoxy) is 1. The number of hydrogen-bond acceptors (Lipinski definition) is 4. The molecule has 1 atom stereocenters. The second-order valence-corrected chi connectivity index (χ2v) is 8.91. The second-order valence-electron chi connectivity index (χ2n) is 8.48. The first-order valence-corrected chi connectivity index (χ1v) is 11.1. The standard InChI is InChI=1S/C27H22ClNO4/c1-16-23-21(32-25(16)26(31)29-15-17-6-4-3-5-7-17)12-13-22-24(23)20(30)14-27(2,33-22)18-8-10-19(28)11-9-18/h3-13H,14-15H2,1-2H3,(H,29,31)/t27-/m1/s1. The first-order valence-electron chi connectivity index (χ1n) is 10.7. The number of halogens is 1. The molecular weight excluding hydrogens is 438 g/mol. The van der Waals surface area contributed by atoms with Crippen LogP contribution in [0.1, 0.15) is 50.9 Å². The van der Waals surface area contributed by atoms with Gasteiger partial charge in [0.05, 0.1) is 12.0 Å². The monoisotopic (exact) mass is 459 g/mol. The van der Waals surface area contributed by atoms with Crippen molar-refractivity contribution in [1.82, 2.24) is 5.32 Å². The van der Waals surface area contributed by atoms with Crippen molar-refractivity contribution in [1.29, 1.82) is 0 Å². The number of hydrogen-bond donors (Lipinski definition) is 1. The van der Waals surface area contributed by atoms with Gasteiger partial charge in [-0.2, -0.15) is 0 Å². The molecule has 0 saturated heterocycles. The van der Waals surface area contributed by atoms with Crippen LogP contribution in [0.5, 0.6) is 5.75 Å². The lowest BCUT2D eigenvalue weighted by Gasteiger charge is -2.35. The van der Waals surface area contributed by atoms with Gasteiger partial charge in [-0.3, -0.25) is 9.59 Å². The van der Waals surface area contributed by atoms with Crippen LogP contribution in [0, 0.1) is 6.92 Å². The van der Waals surface area contributed by atoms with Crippen LogP contribution in [0.25, 0.3) is 11.0 Å². The summed E-state index contributed by atoms with van der Waals surface area (Å²) >= 11 is 6.02. The molecule has 0 unspecified atom stereocenters. The summed E-state index contributed by atoms with van der Waals surface area (Å²) in [4.78, 5) is 26.2. The molecule has 0 bridgehead atoms. The third kappa shape index (κ3) is 3.79. The van der Waals surface area contributed by atoms with Crippen LogP contribution < -0.4 is 10.1 Å². The van der Waals surface area contributed by atoms with E-state index in [4.69, 9.17) is 20.8 Å². The highest BCUT2D eigenvalue weighted by Gasteiger charge is 2.40. The third-order valence-electron chi connectivity index (χ3n) is 6.13. The Hall–Kier alpha value is -3.57. The summed E-state index contributed by atoms with van der Waals surface area (Å²) in [6.45, 7) is 4.07. The molecule has 1 aliphatic rings. The van der Waals surface area contributed by atoms with Crippen molar-refractivity contribution in [2.75, 3.05) is 0 Å². The second kappa shape index (κ2) is 8.09. The van der Waals surface area contributed by atoms with Crippen molar-refractivity contribution in [3.63, 3.8) is 0 Å². The third-order valence-corrected chi connectivity index (χ3v) is 6.38.